The topological polar surface area (TPSA) is 50.4 Å². The average Bonchev–Trinajstić information content (AvgIpc) is 2.38. The molecule has 0 aliphatic heterocycles. The second kappa shape index (κ2) is 6.64. The summed E-state index contributed by atoms with van der Waals surface area (Å²) in [5.41, 5.74) is 1.41. The zero-order chi connectivity index (χ0) is 13.5. The van der Waals surface area contributed by atoms with Crippen LogP contribution >= 0.6 is 0 Å². The van der Waals surface area contributed by atoms with Crippen molar-refractivity contribution in [2.75, 3.05) is 19.5 Å². The molecule has 0 saturated heterocycles. The highest BCUT2D eigenvalue weighted by atomic mass is 19.1. The summed E-state index contributed by atoms with van der Waals surface area (Å²) in [6.45, 7) is 1.86. The molecule has 0 radical (unpaired) electrons. The van der Waals surface area contributed by atoms with E-state index in [4.69, 9.17) is 4.74 Å². The van der Waals surface area contributed by atoms with E-state index in [1.54, 1.807) is 13.1 Å². The fourth-order valence-electron chi connectivity index (χ4n) is 1.47. The van der Waals surface area contributed by atoms with Crippen molar-refractivity contribution in [3.05, 3.63) is 41.5 Å². The summed E-state index contributed by atoms with van der Waals surface area (Å²) in [5, 5.41) is 5.38. The SMILES string of the molecule is CCc1cc(NC(=O)/C(=C/OC)NC)ccc1F. The lowest BCUT2D eigenvalue weighted by Crippen LogP contribution is -2.23. The maximum Gasteiger partial charge on any atom is 0.274 e. The molecule has 1 aromatic rings. The van der Waals surface area contributed by atoms with E-state index in [9.17, 15) is 9.18 Å². The van der Waals surface area contributed by atoms with Crippen molar-refractivity contribution in [2.24, 2.45) is 0 Å². The molecule has 0 atom stereocenters. The van der Waals surface area contributed by atoms with Gasteiger partial charge in [0, 0.05) is 12.7 Å². The van der Waals surface area contributed by atoms with Crippen LogP contribution in [0, 0.1) is 5.82 Å². The Bertz CT molecular complexity index is 458. The summed E-state index contributed by atoms with van der Waals surface area (Å²) in [7, 11) is 3.07. The molecule has 0 aliphatic carbocycles. The van der Waals surface area contributed by atoms with Crippen LogP contribution in [-0.4, -0.2) is 20.1 Å². The summed E-state index contributed by atoms with van der Waals surface area (Å²) in [6.07, 6.45) is 1.88. The molecule has 0 aromatic heterocycles. The average molecular weight is 252 g/mol. The summed E-state index contributed by atoms with van der Waals surface area (Å²) in [6, 6.07) is 4.48. The van der Waals surface area contributed by atoms with E-state index in [-0.39, 0.29) is 11.7 Å². The molecule has 18 heavy (non-hydrogen) atoms. The Balaban J connectivity index is 2.84. The molecular formula is C13H17FN2O2. The Morgan fingerprint density at radius 3 is 2.78 bits per heavy atom. The number of methoxy groups -OCH3 is 1. The van der Waals surface area contributed by atoms with E-state index < -0.39 is 0 Å². The fourth-order valence-corrected chi connectivity index (χ4v) is 1.47. The predicted octanol–water partition coefficient (Wildman–Crippen LogP) is 2.03. The second-order valence-electron chi connectivity index (χ2n) is 3.63. The first kappa shape index (κ1) is 14.0. The molecule has 0 bridgehead atoms. The van der Waals surface area contributed by atoms with Crippen molar-refractivity contribution in [2.45, 2.75) is 13.3 Å². The van der Waals surface area contributed by atoms with E-state index >= 15 is 0 Å². The Morgan fingerprint density at radius 1 is 1.50 bits per heavy atom. The molecule has 0 saturated carbocycles. The van der Waals surface area contributed by atoms with Gasteiger partial charge >= 0.3 is 0 Å². The number of hydrogen-bond acceptors (Lipinski definition) is 3. The lowest BCUT2D eigenvalue weighted by Gasteiger charge is -2.09. The molecule has 0 spiro atoms. The van der Waals surface area contributed by atoms with Gasteiger partial charge in [0.05, 0.1) is 7.11 Å². The van der Waals surface area contributed by atoms with E-state index in [1.165, 1.54) is 25.5 Å². The van der Waals surface area contributed by atoms with Gasteiger partial charge < -0.3 is 15.4 Å². The van der Waals surface area contributed by atoms with Crippen LogP contribution in [0.4, 0.5) is 10.1 Å². The highest BCUT2D eigenvalue weighted by Gasteiger charge is 2.09. The Labute approximate surface area is 106 Å². The number of ether oxygens (including phenoxy) is 1. The van der Waals surface area contributed by atoms with Crippen LogP contribution in [0.3, 0.4) is 0 Å². The highest BCUT2D eigenvalue weighted by molar-refractivity contribution is 6.03. The maximum atomic E-state index is 13.3. The van der Waals surface area contributed by atoms with Crippen LogP contribution in [0.5, 0.6) is 0 Å². The molecule has 2 N–H and O–H groups in total. The Hall–Kier alpha value is -2.04. The van der Waals surface area contributed by atoms with Gasteiger partial charge in [0.2, 0.25) is 0 Å². The Kier molecular flexibility index (Phi) is 5.17. The number of benzene rings is 1. The van der Waals surface area contributed by atoms with Crippen LogP contribution in [0.1, 0.15) is 12.5 Å². The van der Waals surface area contributed by atoms with Crippen molar-refractivity contribution in [3.8, 4) is 0 Å². The quantitative estimate of drug-likeness (QED) is 0.622. The summed E-state index contributed by atoms with van der Waals surface area (Å²) in [4.78, 5) is 11.8. The molecule has 4 nitrogen and oxygen atoms in total. The third-order valence-electron chi connectivity index (χ3n) is 2.43. The molecule has 0 fully saturated rings. The van der Waals surface area contributed by atoms with Crippen LogP contribution in [0.15, 0.2) is 30.2 Å². The van der Waals surface area contributed by atoms with Gasteiger partial charge in [0.1, 0.15) is 17.8 Å². The number of rotatable bonds is 5. The number of carbonyl (C=O) groups excluding carboxylic acids is 1. The lowest BCUT2D eigenvalue weighted by molar-refractivity contribution is -0.113. The third-order valence-corrected chi connectivity index (χ3v) is 2.43. The lowest BCUT2D eigenvalue weighted by atomic mass is 10.1. The maximum absolute atomic E-state index is 13.3. The molecule has 1 rings (SSSR count). The van der Waals surface area contributed by atoms with Crippen LogP contribution in [0.2, 0.25) is 0 Å². The molecule has 0 unspecified atom stereocenters. The van der Waals surface area contributed by atoms with Gasteiger partial charge in [0.25, 0.3) is 5.91 Å². The first-order valence-electron chi connectivity index (χ1n) is 5.62. The van der Waals surface area contributed by atoms with Crippen molar-refractivity contribution < 1.29 is 13.9 Å². The number of aryl methyl sites for hydroxylation is 1. The minimum Gasteiger partial charge on any atom is -0.502 e. The van der Waals surface area contributed by atoms with Gasteiger partial charge in [-0.3, -0.25) is 4.79 Å². The molecule has 0 aliphatic rings. The standard InChI is InChI=1S/C13H17FN2O2/c1-4-9-7-10(5-6-11(9)14)16-13(17)12(15-2)8-18-3/h5-8,15H,4H2,1-3H3,(H,16,17)/b12-8-. The van der Waals surface area contributed by atoms with Gasteiger partial charge in [-0.1, -0.05) is 6.92 Å². The first-order valence-corrected chi connectivity index (χ1v) is 5.62. The van der Waals surface area contributed by atoms with Gasteiger partial charge in [-0.05, 0) is 30.2 Å². The van der Waals surface area contributed by atoms with E-state index in [0.717, 1.165) is 0 Å². The van der Waals surface area contributed by atoms with E-state index in [1.807, 2.05) is 6.92 Å². The first-order chi connectivity index (χ1) is 8.62. The Morgan fingerprint density at radius 2 is 2.22 bits per heavy atom. The molecule has 5 heteroatoms. The molecule has 1 amide bonds. The molecule has 0 heterocycles. The van der Waals surface area contributed by atoms with E-state index in [0.29, 0.717) is 23.4 Å². The van der Waals surface area contributed by atoms with Gasteiger partial charge in [-0.2, -0.15) is 0 Å². The largest absolute Gasteiger partial charge is 0.502 e. The number of carbonyl (C=O) groups is 1. The minimum atomic E-state index is -0.340. The molecular weight excluding hydrogens is 235 g/mol. The van der Waals surface area contributed by atoms with E-state index in [2.05, 4.69) is 10.6 Å². The minimum absolute atomic E-state index is 0.267. The summed E-state index contributed by atoms with van der Waals surface area (Å²) < 4.78 is 18.1. The van der Waals surface area contributed by atoms with Crippen molar-refractivity contribution in [3.63, 3.8) is 0 Å². The normalized spacial score (nSPS) is 11.0. The van der Waals surface area contributed by atoms with Gasteiger partial charge in [-0.25, -0.2) is 4.39 Å². The third kappa shape index (κ3) is 3.48. The van der Waals surface area contributed by atoms with Crippen LogP contribution in [-0.2, 0) is 16.0 Å². The van der Waals surface area contributed by atoms with Crippen LogP contribution in [0.25, 0.3) is 0 Å². The highest BCUT2D eigenvalue weighted by Crippen LogP contribution is 2.15. The zero-order valence-corrected chi connectivity index (χ0v) is 10.7. The van der Waals surface area contributed by atoms with Crippen molar-refractivity contribution in [1.29, 1.82) is 0 Å². The monoisotopic (exact) mass is 252 g/mol. The van der Waals surface area contributed by atoms with Crippen molar-refractivity contribution >= 4 is 11.6 Å². The van der Waals surface area contributed by atoms with Crippen LogP contribution < -0.4 is 10.6 Å². The summed E-state index contributed by atoms with van der Waals surface area (Å²) >= 11 is 0. The second-order valence-corrected chi connectivity index (χ2v) is 3.63. The van der Waals surface area contributed by atoms with Crippen molar-refractivity contribution in [1.82, 2.24) is 5.32 Å². The zero-order valence-electron chi connectivity index (χ0n) is 10.7. The fraction of sp³-hybridized carbons (Fsp3) is 0.308. The predicted molar refractivity (Wildman–Crippen MR) is 68.6 cm³/mol. The number of anilines is 1. The molecule has 98 valence electrons. The number of hydrogen-bond donors (Lipinski definition) is 2. The summed E-state index contributed by atoms with van der Waals surface area (Å²) in [5.74, 6) is -0.607. The number of nitrogens with one attached hydrogen (secondary N) is 2. The molecule has 1 aromatic carbocycles. The van der Waals surface area contributed by atoms with Gasteiger partial charge in [0.15, 0.2) is 0 Å². The number of halogens is 1. The smallest absolute Gasteiger partial charge is 0.274 e. The number of amides is 1. The van der Waals surface area contributed by atoms with Gasteiger partial charge in [-0.15, -0.1) is 0 Å². The number of likely N-dealkylation sites (N-methyl/N-ethyl adjacent to an activating group) is 1.